The lowest BCUT2D eigenvalue weighted by Gasteiger charge is -2.10. The maximum Gasteiger partial charge on any atom is 0.434 e. The number of aromatic nitrogens is 2. The number of aliphatic hydroxyl groups is 1. The van der Waals surface area contributed by atoms with Crippen molar-refractivity contribution >= 4 is 5.69 Å². The second-order valence-corrected chi connectivity index (χ2v) is 3.58. The number of methoxy groups -OCH3 is 1. The van der Waals surface area contributed by atoms with Crippen LogP contribution in [0, 0.1) is 0 Å². The lowest BCUT2D eigenvalue weighted by atomic mass is 10.3. The topological polar surface area (TPSA) is 100 Å². The number of hydrogen-bond acceptors (Lipinski definition) is 6. The number of H-pyrrole nitrogens is 1. The van der Waals surface area contributed by atoms with Crippen LogP contribution >= 0.6 is 0 Å². The molecule has 0 aliphatic rings. The summed E-state index contributed by atoms with van der Waals surface area (Å²) in [6.45, 7) is 0.168. The van der Waals surface area contributed by atoms with E-state index in [0.29, 0.717) is 5.75 Å². The molecule has 0 saturated heterocycles. The Bertz CT molecular complexity index is 563. The van der Waals surface area contributed by atoms with Crippen LogP contribution in [0.25, 0.3) is 0 Å². The van der Waals surface area contributed by atoms with Gasteiger partial charge in [-0.1, -0.05) is 6.07 Å². The van der Waals surface area contributed by atoms with Crippen molar-refractivity contribution in [1.82, 2.24) is 10.2 Å². The number of ether oxygens (including phenoxy) is 1. The van der Waals surface area contributed by atoms with Crippen LogP contribution < -0.4 is 15.8 Å². The third-order valence-electron chi connectivity index (χ3n) is 2.31. The highest BCUT2D eigenvalue weighted by Crippen LogP contribution is 2.17. The first-order valence-corrected chi connectivity index (χ1v) is 5.30. The van der Waals surface area contributed by atoms with E-state index in [0.717, 1.165) is 5.69 Å². The lowest BCUT2D eigenvalue weighted by Crippen LogP contribution is -2.12. The number of aromatic amines is 1. The first kappa shape index (κ1) is 12.2. The van der Waals surface area contributed by atoms with E-state index < -0.39 is 11.9 Å². The quantitative estimate of drug-likeness (QED) is 0.716. The highest BCUT2D eigenvalue weighted by atomic mass is 16.5. The summed E-state index contributed by atoms with van der Waals surface area (Å²) in [7, 11) is 1.58. The molecule has 1 unspecified atom stereocenters. The molecule has 0 fully saturated rings. The third kappa shape index (κ3) is 2.89. The van der Waals surface area contributed by atoms with Crippen molar-refractivity contribution in [3.05, 3.63) is 40.7 Å². The second kappa shape index (κ2) is 5.37. The summed E-state index contributed by atoms with van der Waals surface area (Å²) in [6.07, 6.45) is -1.00. The minimum atomic E-state index is -1.00. The van der Waals surface area contributed by atoms with Crippen LogP contribution in [0.15, 0.2) is 33.5 Å². The molecule has 0 aliphatic heterocycles. The molecule has 7 heteroatoms. The zero-order valence-corrected chi connectivity index (χ0v) is 9.71. The van der Waals surface area contributed by atoms with E-state index in [4.69, 9.17) is 4.74 Å². The minimum Gasteiger partial charge on any atom is -0.497 e. The Morgan fingerprint density at radius 2 is 2.44 bits per heavy atom. The molecular weight excluding hydrogens is 238 g/mol. The first-order chi connectivity index (χ1) is 8.69. The maximum atomic E-state index is 10.7. The van der Waals surface area contributed by atoms with E-state index >= 15 is 0 Å². The Hall–Kier alpha value is -2.28. The molecule has 0 saturated carbocycles. The Labute approximate surface area is 102 Å². The molecule has 18 heavy (non-hydrogen) atoms. The van der Waals surface area contributed by atoms with Crippen LogP contribution in [0.1, 0.15) is 12.0 Å². The van der Waals surface area contributed by atoms with Crippen molar-refractivity contribution < 1.29 is 14.3 Å². The summed E-state index contributed by atoms with van der Waals surface area (Å²) >= 11 is 0. The van der Waals surface area contributed by atoms with Gasteiger partial charge in [-0.15, -0.1) is 5.10 Å². The number of benzene rings is 1. The molecule has 0 radical (unpaired) electrons. The number of anilines is 1. The van der Waals surface area contributed by atoms with E-state index in [1.165, 1.54) is 0 Å². The summed E-state index contributed by atoms with van der Waals surface area (Å²) < 4.78 is 9.71. The number of aliphatic hydroxyl groups excluding tert-OH is 1. The smallest absolute Gasteiger partial charge is 0.434 e. The van der Waals surface area contributed by atoms with Crippen LogP contribution in [-0.4, -0.2) is 29.0 Å². The van der Waals surface area contributed by atoms with Gasteiger partial charge in [-0.05, 0) is 12.1 Å². The molecule has 1 atom stereocenters. The molecule has 0 spiro atoms. The van der Waals surface area contributed by atoms with Crippen LogP contribution in [-0.2, 0) is 0 Å². The lowest BCUT2D eigenvalue weighted by molar-refractivity contribution is 0.154. The van der Waals surface area contributed by atoms with Gasteiger partial charge in [0, 0.05) is 18.3 Å². The van der Waals surface area contributed by atoms with Crippen molar-refractivity contribution in [2.75, 3.05) is 19.0 Å². The summed E-state index contributed by atoms with van der Waals surface area (Å²) in [5.74, 6) is -0.0263. The van der Waals surface area contributed by atoms with Gasteiger partial charge in [-0.25, -0.2) is 9.89 Å². The largest absolute Gasteiger partial charge is 0.497 e. The first-order valence-electron chi connectivity index (χ1n) is 5.30. The van der Waals surface area contributed by atoms with E-state index in [-0.39, 0.29) is 12.4 Å². The molecule has 96 valence electrons. The zero-order chi connectivity index (χ0) is 13.0. The molecule has 2 aromatic rings. The van der Waals surface area contributed by atoms with Gasteiger partial charge in [0.1, 0.15) is 11.9 Å². The summed E-state index contributed by atoms with van der Waals surface area (Å²) in [4.78, 5) is 10.7. The van der Waals surface area contributed by atoms with Gasteiger partial charge in [0.2, 0.25) is 5.89 Å². The van der Waals surface area contributed by atoms with Crippen LogP contribution in [0.3, 0.4) is 0 Å². The number of nitrogens with zero attached hydrogens (tertiary/aromatic N) is 1. The number of hydrogen-bond donors (Lipinski definition) is 3. The van der Waals surface area contributed by atoms with Gasteiger partial charge in [-0.2, -0.15) is 0 Å². The van der Waals surface area contributed by atoms with E-state index in [2.05, 4.69) is 19.9 Å². The summed E-state index contributed by atoms with van der Waals surface area (Å²) in [6, 6.07) is 7.25. The van der Waals surface area contributed by atoms with Gasteiger partial charge in [0.25, 0.3) is 0 Å². The van der Waals surface area contributed by atoms with Crippen molar-refractivity contribution in [3.63, 3.8) is 0 Å². The highest BCUT2D eigenvalue weighted by Gasteiger charge is 2.13. The van der Waals surface area contributed by atoms with E-state index in [9.17, 15) is 9.90 Å². The molecule has 0 amide bonds. The van der Waals surface area contributed by atoms with Crippen LogP contribution in [0.5, 0.6) is 5.75 Å². The minimum absolute atomic E-state index is 0.0459. The van der Waals surface area contributed by atoms with Gasteiger partial charge >= 0.3 is 5.76 Å². The van der Waals surface area contributed by atoms with Crippen molar-refractivity contribution in [1.29, 1.82) is 0 Å². The predicted molar refractivity (Wildman–Crippen MR) is 63.6 cm³/mol. The van der Waals surface area contributed by atoms with E-state index in [1.807, 2.05) is 18.2 Å². The van der Waals surface area contributed by atoms with Crippen molar-refractivity contribution in [3.8, 4) is 5.75 Å². The van der Waals surface area contributed by atoms with Crippen molar-refractivity contribution in [2.45, 2.75) is 6.10 Å². The highest BCUT2D eigenvalue weighted by molar-refractivity contribution is 5.48. The van der Waals surface area contributed by atoms with E-state index in [1.54, 1.807) is 13.2 Å². The third-order valence-corrected chi connectivity index (χ3v) is 2.31. The molecular formula is C11H13N3O4. The fourth-order valence-corrected chi connectivity index (χ4v) is 1.42. The Balaban J connectivity index is 1.96. The van der Waals surface area contributed by atoms with Gasteiger partial charge in [0.05, 0.1) is 7.11 Å². The van der Waals surface area contributed by atoms with Gasteiger partial charge in [-0.3, -0.25) is 0 Å². The Kier molecular flexibility index (Phi) is 3.63. The molecule has 1 heterocycles. The van der Waals surface area contributed by atoms with Gasteiger partial charge < -0.3 is 19.6 Å². The number of nitrogens with one attached hydrogen (secondary N) is 2. The molecule has 7 nitrogen and oxygen atoms in total. The molecule has 2 rings (SSSR count). The standard InChI is InChI=1S/C11H13N3O4/c1-17-8-4-2-3-7(5-8)12-6-9(15)10-13-14-11(16)18-10/h2-5,9,12,15H,6H2,1H3,(H,14,16). The average molecular weight is 251 g/mol. The maximum absolute atomic E-state index is 10.7. The molecule has 3 N–H and O–H groups in total. The van der Waals surface area contributed by atoms with Crippen LogP contribution in [0.4, 0.5) is 5.69 Å². The molecule has 0 aliphatic carbocycles. The fourth-order valence-electron chi connectivity index (χ4n) is 1.42. The Morgan fingerprint density at radius 3 is 3.11 bits per heavy atom. The summed E-state index contributed by atoms with van der Waals surface area (Å²) in [5.41, 5.74) is 0.784. The monoisotopic (exact) mass is 251 g/mol. The SMILES string of the molecule is COc1cccc(NCC(O)c2n[nH]c(=O)o2)c1. The van der Waals surface area contributed by atoms with Crippen molar-refractivity contribution in [2.24, 2.45) is 0 Å². The predicted octanol–water partition coefficient (Wildman–Crippen LogP) is 0.517. The molecule has 1 aromatic carbocycles. The number of rotatable bonds is 5. The molecule has 1 aromatic heterocycles. The average Bonchev–Trinajstić information content (AvgIpc) is 2.83. The molecule has 0 bridgehead atoms. The van der Waals surface area contributed by atoms with Crippen LogP contribution in [0.2, 0.25) is 0 Å². The summed E-state index contributed by atoms with van der Waals surface area (Å²) in [5, 5.41) is 18.3. The zero-order valence-electron chi connectivity index (χ0n) is 9.71. The van der Waals surface area contributed by atoms with Gasteiger partial charge in [0.15, 0.2) is 0 Å². The Morgan fingerprint density at radius 1 is 1.61 bits per heavy atom. The normalized spacial score (nSPS) is 12.1. The second-order valence-electron chi connectivity index (χ2n) is 3.58. The fraction of sp³-hybridized carbons (Fsp3) is 0.273.